The number of carbonyl (C=O) groups is 1. The van der Waals surface area contributed by atoms with Crippen LogP contribution in [-0.4, -0.2) is 30.0 Å². The Balaban J connectivity index is 2.24. The molecule has 1 amide bonds. The third kappa shape index (κ3) is 2.48. The van der Waals surface area contributed by atoms with Gasteiger partial charge in [-0.25, -0.2) is 0 Å². The average molecular weight is 249 g/mol. The lowest BCUT2D eigenvalue weighted by Gasteiger charge is -2.11. The van der Waals surface area contributed by atoms with Crippen molar-refractivity contribution in [1.82, 2.24) is 10.6 Å². The van der Waals surface area contributed by atoms with Crippen LogP contribution in [0.1, 0.15) is 22.3 Å². The standard InChI is InChI=1S/C12H15N3O3/c1-8-3-2-4-10(11(8)15(17)18)12(16)14-9-5-6-13-7-9/h2-4,9,13H,5-7H2,1H3,(H,14,16). The van der Waals surface area contributed by atoms with Gasteiger partial charge in [0, 0.05) is 18.2 Å². The van der Waals surface area contributed by atoms with Gasteiger partial charge in [0.1, 0.15) is 5.56 Å². The lowest BCUT2D eigenvalue weighted by Crippen LogP contribution is -2.36. The summed E-state index contributed by atoms with van der Waals surface area (Å²) in [5, 5.41) is 16.9. The molecule has 0 radical (unpaired) electrons. The number of benzene rings is 1. The van der Waals surface area contributed by atoms with Crippen LogP contribution in [0.15, 0.2) is 18.2 Å². The van der Waals surface area contributed by atoms with Crippen LogP contribution in [0.25, 0.3) is 0 Å². The van der Waals surface area contributed by atoms with Crippen LogP contribution in [0.4, 0.5) is 5.69 Å². The second kappa shape index (κ2) is 5.14. The van der Waals surface area contributed by atoms with E-state index in [9.17, 15) is 14.9 Å². The smallest absolute Gasteiger partial charge is 0.285 e. The molecule has 0 spiro atoms. The molecule has 1 unspecified atom stereocenters. The lowest BCUT2D eigenvalue weighted by molar-refractivity contribution is -0.385. The number of amides is 1. The summed E-state index contributed by atoms with van der Waals surface area (Å²) in [4.78, 5) is 22.5. The highest BCUT2D eigenvalue weighted by atomic mass is 16.6. The number of aryl methyl sites for hydroxylation is 1. The highest BCUT2D eigenvalue weighted by molar-refractivity contribution is 5.98. The monoisotopic (exact) mass is 249 g/mol. The fourth-order valence-electron chi connectivity index (χ4n) is 2.13. The Labute approximate surface area is 105 Å². The summed E-state index contributed by atoms with van der Waals surface area (Å²) in [5.74, 6) is -0.376. The number of carbonyl (C=O) groups excluding carboxylic acids is 1. The number of para-hydroxylation sites is 1. The fourth-order valence-corrected chi connectivity index (χ4v) is 2.13. The molecule has 1 aliphatic heterocycles. The highest BCUT2D eigenvalue weighted by Gasteiger charge is 2.25. The molecule has 1 fully saturated rings. The van der Waals surface area contributed by atoms with Crippen LogP contribution in [0, 0.1) is 17.0 Å². The SMILES string of the molecule is Cc1cccc(C(=O)NC2CCNC2)c1[N+](=O)[O-]. The van der Waals surface area contributed by atoms with Crippen molar-refractivity contribution in [2.45, 2.75) is 19.4 Å². The van der Waals surface area contributed by atoms with Crippen molar-refractivity contribution in [2.75, 3.05) is 13.1 Å². The van der Waals surface area contributed by atoms with E-state index in [0.717, 1.165) is 13.0 Å². The van der Waals surface area contributed by atoms with Crippen molar-refractivity contribution in [3.63, 3.8) is 0 Å². The molecule has 0 bridgehead atoms. The molecule has 0 saturated carbocycles. The van der Waals surface area contributed by atoms with Gasteiger partial charge in [-0.2, -0.15) is 0 Å². The number of rotatable bonds is 3. The average Bonchev–Trinajstić information content (AvgIpc) is 2.80. The summed E-state index contributed by atoms with van der Waals surface area (Å²) < 4.78 is 0. The number of hydrogen-bond acceptors (Lipinski definition) is 4. The Bertz CT molecular complexity index is 481. The van der Waals surface area contributed by atoms with Crippen molar-refractivity contribution < 1.29 is 9.72 Å². The maximum Gasteiger partial charge on any atom is 0.285 e. The summed E-state index contributed by atoms with van der Waals surface area (Å²) in [6.45, 7) is 3.21. The summed E-state index contributed by atoms with van der Waals surface area (Å²) in [5.41, 5.74) is 0.519. The quantitative estimate of drug-likeness (QED) is 0.618. The topological polar surface area (TPSA) is 84.3 Å². The molecule has 1 aromatic rings. The molecular weight excluding hydrogens is 234 g/mol. The minimum absolute atomic E-state index is 0.0533. The van der Waals surface area contributed by atoms with E-state index in [1.807, 2.05) is 0 Å². The largest absolute Gasteiger partial charge is 0.348 e. The van der Waals surface area contributed by atoms with E-state index < -0.39 is 4.92 Å². The van der Waals surface area contributed by atoms with E-state index in [2.05, 4.69) is 10.6 Å². The molecule has 0 aromatic heterocycles. The molecule has 1 aliphatic rings. The number of hydrogen-bond donors (Lipinski definition) is 2. The van der Waals surface area contributed by atoms with E-state index in [4.69, 9.17) is 0 Å². The van der Waals surface area contributed by atoms with E-state index in [1.54, 1.807) is 19.1 Å². The first-order chi connectivity index (χ1) is 8.59. The Kier molecular flexibility index (Phi) is 3.57. The third-order valence-corrected chi connectivity index (χ3v) is 3.06. The number of nitro groups is 1. The maximum absolute atomic E-state index is 12.0. The molecule has 6 nitrogen and oxygen atoms in total. The first kappa shape index (κ1) is 12.5. The third-order valence-electron chi connectivity index (χ3n) is 3.06. The molecule has 0 aliphatic carbocycles. The molecule has 2 N–H and O–H groups in total. The number of nitrogens with zero attached hydrogens (tertiary/aromatic N) is 1. The summed E-state index contributed by atoms with van der Waals surface area (Å²) >= 11 is 0. The zero-order chi connectivity index (χ0) is 13.1. The van der Waals surface area contributed by atoms with Gasteiger partial charge >= 0.3 is 0 Å². The van der Waals surface area contributed by atoms with Gasteiger partial charge < -0.3 is 10.6 Å². The second-order valence-electron chi connectivity index (χ2n) is 4.39. The second-order valence-corrected chi connectivity index (χ2v) is 4.39. The van der Waals surface area contributed by atoms with Crippen molar-refractivity contribution in [1.29, 1.82) is 0 Å². The molecule has 1 heterocycles. The minimum atomic E-state index is -0.503. The number of nitrogens with one attached hydrogen (secondary N) is 2. The Hall–Kier alpha value is -1.95. The molecule has 2 rings (SSSR count). The number of nitro benzene ring substituents is 1. The predicted molar refractivity (Wildman–Crippen MR) is 66.6 cm³/mol. The van der Waals surface area contributed by atoms with Crippen molar-refractivity contribution in [3.05, 3.63) is 39.4 Å². The van der Waals surface area contributed by atoms with Gasteiger partial charge in [-0.3, -0.25) is 14.9 Å². The molecule has 96 valence electrons. The van der Waals surface area contributed by atoms with Gasteiger partial charge in [-0.1, -0.05) is 12.1 Å². The van der Waals surface area contributed by atoms with Gasteiger partial charge in [0.25, 0.3) is 11.6 Å². The Morgan fingerprint density at radius 1 is 1.56 bits per heavy atom. The van der Waals surface area contributed by atoms with Crippen molar-refractivity contribution in [3.8, 4) is 0 Å². The first-order valence-electron chi connectivity index (χ1n) is 5.85. The van der Waals surface area contributed by atoms with E-state index in [0.29, 0.717) is 12.1 Å². The Morgan fingerprint density at radius 3 is 2.94 bits per heavy atom. The summed E-state index contributed by atoms with van der Waals surface area (Å²) in [7, 11) is 0. The van der Waals surface area contributed by atoms with E-state index in [1.165, 1.54) is 6.07 Å². The normalized spacial score (nSPS) is 18.6. The summed E-state index contributed by atoms with van der Waals surface area (Å²) in [6, 6.07) is 4.83. The molecular formula is C12H15N3O3. The van der Waals surface area contributed by atoms with Crippen LogP contribution in [0.2, 0.25) is 0 Å². The van der Waals surface area contributed by atoms with Crippen LogP contribution in [-0.2, 0) is 0 Å². The Morgan fingerprint density at radius 2 is 2.33 bits per heavy atom. The summed E-state index contributed by atoms with van der Waals surface area (Å²) in [6.07, 6.45) is 0.853. The van der Waals surface area contributed by atoms with Gasteiger partial charge in [0.2, 0.25) is 0 Å². The van der Waals surface area contributed by atoms with Crippen LogP contribution < -0.4 is 10.6 Å². The molecule has 1 atom stereocenters. The van der Waals surface area contributed by atoms with Crippen molar-refractivity contribution in [2.24, 2.45) is 0 Å². The van der Waals surface area contributed by atoms with Gasteiger partial charge in [0.15, 0.2) is 0 Å². The zero-order valence-corrected chi connectivity index (χ0v) is 10.1. The van der Waals surface area contributed by atoms with Gasteiger partial charge in [0.05, 0.1) is 4.92 Å². The lowest BCUT2D eigenvalue weighted by atomic mass is 10.1. The van der Waals surface area contributed by atoms with Crippen LogP contribution in [0.5, 0.6) is 0 Å². The van der Waals surface area contributed by atoms with Gasteiger partial charge in [-0.05, 0) is 26.0 Å². The van der Waals surface area contributed by atoms with Crippen LogP contribution >= 0.6 is 0 Å². The van der Waals surface area contributed by atoms with Crippen molar-refractivity contribution >= 4 is 11.6 Å². The maximum atomic E-state index is 12.0. The molecule has 1 aromatic carbocycles. The first-order valence-corrected chi connectivity index (χ1v) is 5.85. The molecule has 1 saturated heterocycles. The fraction of sp³-hybridized carbons (Fsp3) is 0.417. The van der Waals surface area contributed by atoms with E-state index in [-0.39, 0.29) is 23.2 Å². The molecule has 6 heteroatoms. The van der Waals surface area contributed by atoms with E-state index >= 15 is 0 Å². The van der Waals surface area contributed by atoms with Crippen LogP contribution in [0.3, 0.4) is 0 Å². The minimum Gasteiger partial charge on any atom is -0.348 e. The highest BCUT2D eigenvalue weighted by Crippen LogP contribution is 2.23. The molecule has 18 heavy (non-hydrogen) atoms. The predicted octanol–water partition coefficient (Wildman–Crippen LogP) is 0.995. The zero-order valence-electron chi connectivity index (χ0n) is 10.1. The van der Waals surface area contributed by atoms with Gasteiger partial charge in [-0.15, -0.1) is 0 Å².